The van der Waals surface area contributed by atoms with Gasteiger partial charge in [-0.2, -0.15) is 0 Å². The number of imidazole rings is 1. The average molecular weight is 283 g/mol. The van der Waals surface area contributed by atoms with Crippen LogP contribution in [-0.4, -0.2) is 23.3 Å². The number of hydrogen-bond acceptors (Lipinski definition) is 4. The summed E-state index contributed by atoms with van der Waals surface area (Å²) < 4.78 is 12.8. The van der Waals surface area contributed by atoms with Gasteiger partial charge in [0.15, 0.2) is 0 Å². The lowest BCUT2D eigenvalue weighted by Crippen LogP contribution is -2.00. The lowest BCUT2D eigenvalue weighted by molar-refractivity contribution is 0.344. The zero-order valence-corrected chi connectivity index (χ0v) is 12.0. The average Bonchev–Trinajstić information content (AvgIpc) is 2.85. The van der Waals surface area contributed by atoms with E-state index >= 15 is 0 Å². The number of methoxy groups -OCH3 is 1. The van der Waals surface area contributed by atoms with Crippen molar-refractivity contribution in [1.82, 2.24) is 9.55 Å². The van der Waals surface area contributed by atoms with Crippen LogP contribution in [0.25, 0.3) is 16.7 Å². The van der Waals surface area contributed by atoms with Gasteiger partial charge in [-0.3, -0.25) is 4.57 Å². The number of aromatic nitrogens is 2. The molecule has 1 aromatic heterocycles. The molecule has 0 spiro atoms. The molecule has 1 heterocycles. The van der Waals surface area contributed by atoms with Gasteiger partial charge in [0.25, 0.3) is 0 Å². The molecule has 108 valence electrons. The summed E-state index contributed by atoms with van der Waals surface area (Å²) in [4.78, 5) is 4.44. The molecule has 0 aliphatic heterocycles. The molecular formula is C16H17N3O2. The Bertz CT molecular complexity index is 780. The number of para-hydroxylation sites is 1. The van der Waals surface area contributed by atoms with Crippen molar-refractivity contribution in [2.75, 3.05) is 19.5 Å². The molecule has 0 amide bonds. The van der Waals surface area contributed by atoms with E-state index in [1.807, 2.05) is 54.0 Å². The second-order valence-electron chi connectivity index (χ2n) is 4.56. The minimum absolute atomic E-state index is 0.422. The van der Waals surface area contributed by atoms with Crippen LogP contribution in [0.4, 0.5) is 5.95 Å². The minimum Gasteiger partial charge on any atom is -0.497 e. The number of anilines is 1. The molecular weight excluding hydrogens is 266 g/mol. The Morgan fingerprint density at radius 1 is 1.19 bits per heavy atom. The molecule has 0 aliphatic rings. The van der Waals surface area contributed by atoms with E-state index in [9.17, 15) is 0 Å². The number of nitrogens with zero attached hydrogens (tertiary/aromatic N) is 2. The zero-order valence-electron chi connectivity index (χ0n) is 12.0. The van der Waals surface area contributed by atoms with E-state index in [1.165, 1.54) is 0 Å². The summed E-state index contributed by atoms with van der Waals surface area (Å²) in [7, 11) is 1.64. The smallest absolute Gasteiger partial charge is 0.206 e. The Morgan fingerprint density at radius 3 is 2.76 bits per heavy atom. The van der Waals surface area contributed by atoms with Gasteiger partial charge in [-0.05, 0) is 31.2 Å². The van der Waals surface area contributed by atoms with Gasteiger partial charge in [-0.25, -0.2) is 4.98 Å². The first kappa shape index (κ1) is 13.3. The molecule has 2 N–H and O–H groups in total. The molecule has 0 saturated carbocycles. The van der Waals surface area contributed by atoms with E-state index in [-0.39, 0.29) is 0 Å². The fraction of sp³-hybridized carbons (Fsp3) is 0.188. The molecule has 3 rings (SSSR count). The van der Waals surface area contributed by atoms with Crippen molar-refractivity contribution in [3.05, 3.63) is 42.5 Å². The van der Waals surface area contributed by atoms with Crippen LogP contribution in [0.1, 0.15) is 6.92 Å². The molecule has 3 aromatic rings. The highest BCUT2D eigenvalue weighted by molar-refractivity contribution is 5.86. The third kappa shape index (κ3) is 2.27. The van der Waals surface area contributed by atoms with Crippen LogP contribution < -0.4 is 15.2 Å². The second kappa shape index (κ2) is 5.36. The molecule has 0 fully saturated rings. The van der Waals surface area contributed by atoms with Crippen LogP contribution >= 0.6 is 0 Å². The highest BCUT2D eigenvalue weighted by Gasteiger charge is 2.14. The van der Waals surface area contributed by atoms with Gasteiger partial charge in [0.1, 0.15) is 17.0 Å². The van der Waals surface area contributed by atoms with Crippen LogP contribution in [0.15, 0.2) is 42.5 Å². The van der Waals surface area contributed by atoms with Gasteiger partial charge in [0.05, 0.1) is 24.9 Å². The van der Waals surface area contributed by atoms with Crippen molar-refractivity contribution in [2.45, 2.75) is 6.92 Å². The fourth-order valence-corrected chi connectivity index (χ4v) is 2.38. The first-order valence-electron chi connectivity index (χ1n) is 6.78. The van der Waals surface area contributed by atoms with Gasteiger partial charge < -0.3 is 15.2 Å². The van der Waals surface area contributed by atoms with Crippen molar-refractivity contribution < 1.29 is 9.47 Å². The normalized spacial score (nSPS) is 10.8. The second-order valence-corrected chi connectivity index (χ2v) is 4.56. The van der Waals surface area contributed by atoms with Crippen molar-refractivity contribution >= 4 is 17.0 Å². The number of rotatable bonds is 4. The summed E-state index contributed by atoms with van der Waals surface area (Å²) in [5.41, 5.74) is 8.68. The molecule has 0 radical (unpaired) electrons. The van der Waals surface area contributed by atoms with Gasteiger partial charge in [-0.1, -0.05) is 12.1 Å². The zero-order chi connectivity index (χ0) is 14.8. The molecule has 21 heavy (non-hydrogen) atoms. The highest BCUT2D eigenvalue weighted by Crippen LogP contribution is 2.30. The summed E-state index contributed by atoms with van der Waals surface area (Å²) in [6.45, 7) is 2.53. The first-order chi connectivity index (χ1) is 10.2. The van der Waals surface area contributed by atoms with Gasteiger partial charge in [0, 0.05) is 6.07 Å². The van der Waals surface area contributed by atoms with Crippen molar-refractivity contribution in [3.63, 3.8) is 0 Å². The number of ether oxygens (including phenoxy) is 2. The molecule has 5 heteroatoms. The van der Waals surface area contributed by atoms with Gasteiger partial charge in [-0.15, -0.1) is 0 Å². The molecule has 2 aromatic carbocycles. The molecule has 0 unspecified atom stereocenters. The Morgan fingerprint density at radius 2 is 2.00 bits per heavy atom. The third-order valence-electron chi connectivity index (χ3n) is 3.29. The molecule has 0 bridgehead atoms. The predicted molar refractivity (Wildman–Crippen MR) is 83.2 cm³/mol. The van der Waals surface area contributed by atoms with E-state index in [4.69, 9.17) is 15.2 Å². The number of nitrogen functional groups attached to an aromatic ring is 1. The molecule has 0 saturated heterocycles. The lowest BCUT2D eigenvalue weighted by Gasteiger charge is -2.09. The summed E-state index contributed by atoms with van der Waals surface area (Å²) >= 11 is 0. The number of benzene rings is 2. The Hall–Kier alpha value is -2.69. The Labute approximate surface area is 122 Å². The standard InChI is InChI=1S/C16H17N3O2/c1-3-21-14-9-5-8-13-15(14)18-16(17)19(13)11-6-4-7-12(10-11)20-2/h4-10H,3H2,1-2H3,(H2,17,18). The van der Waals surface area contributed by atoms with E-state index in [0.29, 0.717) is 12.6 Å². The largest absolute Gasteiger partial charge is 0.497 e. The van der Waals surface area contributed by atoms with E-state index in [0.717, 1.165) is 28.2 Å². The summed E-state index contributed by atoms with van der Waals surface area (Å²) in [5.74, 6) is 1.93. The summed E-state index contributed by atoms with van der Waals surface area (Å²) in [6.07, 6.45) is 0. The Balaban J connectivity index is 2.22. The van der Waals surface area contributed by atoms with E-state index in [2.05, 4.69) is 4.98 Å². The monoisotopic (exact) mass is 283 g/mol. The predicted octanol–water partition coefficient (Wildman–Crippen LogP) is 3.02. The van der Waals surface area contributed by atoms with Crippen molar-refractivity contribution in [1.29, 1.82) is 0 Å². The van der Waals surface area contributed by atoms with Crippen molar-refractivity contribution in [3.8, 4) is 17.2 Å². The maximum absolute atomic E-state index is 6.10. The van der Waals surface area contributed by atoms with Crippen molar-refractivity contribution in [2.24, 2.45) is 0 Å². The lowest BCUT2D eigenvalue weighted by atomic mass is 10.2. The van der Waals surface area contributed by atoms with Gasteiger partial charge in [0.2, 0.25) is 5.95 Å². The highest BCUT2D eigenvalue weighted by atomic mass is 16.5. The van der Waals surface area contributed by atoms with E-state index in [1.54, 1.807) is 7.11 Å². The Kier molecular flexibility index (Phi) is 3.39. The van der Waals surface area contributed by atoms with Crippen LogP contribution in [0.5, 0.6) is 11.5 Å². The summed E-state index contributed by atoms with van der Waals surface area (Å²) in [6, 6.07) is 13.5. The number of fused-ring (bicyclic) bond motifs is 1. The van der Waals surface area contributed by atoms with Crippen LogP contribution in [0.2, 0.25) is 0 Å². The molecule has 5 nitrogen and oxygen atoms in total. The first-order valence-corrected chi connectivity index (χ1v) is 6.78. The van der Waals surface area contributed by atoms with E-state index < -0.39 is 0 Å². The SMILES string of the molecule is CCOc1cccc2c1nc(N)n2-c1cccc(OC)c1. The fourth-order valence-electron chi connectivity index (χ4n) is 2.38. The number of nitrogens with two attached hydrogens (primary N) is 1. The van der Waals surface area contributed by atoms with Gasteiger partial charge >= 0.3 is 0 Å². The summed E-state index contributed by atoms with van der Waals surface area (Å²) in [5, 5.41) is 0. The number of hydrogen-bond donors (Lipinski definition) is 1. The van der Waals surface area contributed by atoms with Crippen LogP contribution in [0.3, 0.4) is 0 Å². The molecule has 0 atom stereocenters. The van der Waals surface area contributed by atoms with Crippen LogP contribution in [-0.2, 0) is 0 Å². The minimum atomic E-state index is 0.422. The topological polar surface area (TPSA) is 62.3 Å². The third-order valence-corrected chi connectivity index (χ3v) is 3.29. The maximum Gasteiger partial charge on any atom is 0.206 e. The maximum atomic E-state index is 6.10. The molecule has 0 aliphatic carbocycles. The quantitative estimate of drug-likeness (QED) is 0.799. The van der Waals surface area contributed by atoms with Crippen LogP contribution in [0, 0.1) is 0 Å².